The first-order valence-corrected chi connectivity index (χ1v) is 12.0. The normalized spacial score (nSPS) is 19.0. The molecule has 1 atom stereocenters. The fourth-order valence-corrected chi connectivity index (χ4v) is 4.78. The number of hydrogen-bond acceptors (Lipinski definition) is 6. The Morgan fingerprint density at radius 2 is 1.67 bits per heavy atom. The highest BCUT2D eigenvalue weighted by atomic mass is 16.6. The van der Waals surface area contributed by atoms with Gasteiger partial charge in [0, 0.05) is 19.2 Å². The van der Waals surface area contributed by atoms with Crippen molar-refractivity contribution in [1.29, 1.82) is 0 Å². The molecule has 0 radical (unpaired) electrons. The van der Waals surface area contributed by atoms with Crippen LogP contribution in [0.3, 0.4) is 0 Å². The molecule has 0 N–H and O–H groups in total. The molecule has 7 nitrogen and oxygen atoms in total. The molecule has 2 aliphatic rings. The fraction of sp³-hybridized carbons (Fsp3) is 0.577. The molecule has 1 saturated heterocycles. The molecule has 1 unspecified atom stereocenters. The number of nitrogens with zero attached hydrogens (tertiary/aromatic N) is 1. The highest BCUT2D eigenvalue weighted by Crippen LogP contribution is 2.45. The molecule has 1 aromatic rings. The van der Waals surface area contributed by atoms with Crippen molar-refractivity contribution in [3.63, 3.8) is 0 Å². The molecule has 3 rings (SSSR count). The highest BCUT2D eigenvalue weighted by Gasteiger charge is 2.41. The van der Waals surface area contributed by atoms with Crippen LogP contribution in [0.5, 0.6) is 0 Å². The van der Waals surface area contributed by atoms with Crippen molar-refractivity contribution in [3.8, 4) is 0 Å². The molecule has 1 spiro atoms. The Morgan fingerprint density at radius 1 is 1.03 bits per heavy atom. The van der Waals surface area contributed by atoms with Crippen molar-refractivity contribution in [2.24, 2.45) is 5.41 Å². The SMILES string of the molecule is CCOC(=O)C(=CC(=O)N(Cc1ccccc1)CC1CC2(CCCCC2)CO1)C(=O)OCC. The van der Waals surface area contributed by atoms with Gasteiger partial charge in [0.05, 0.1) is 25.9 Å². The van der Waals surface area contributed by atoms with Crippen LogP contribution in [-0.4, -0.2) is 55.2 Å². The van der Waals surface area contributed by atoms with E-state index < -0.39 is 23.4 Å². The molecule has 33 heavy (non-hydrogen) atoms. The largest absolute Gasteiger partial charge is 0.462 e. The lowest BCUT2D eigenvalue weighted by Crippen LogP contribution is -2.37. The standard InChI is InChI=1S/C26H35NO6/c1-3-31-24(29)22(25(30)32-4-2)15-23(28)27(17-20-11-7-5-8-12-20)18-21-16-26(19-33-21)13-9-6-10-14-26/h5,7-8,11-12,15,21H,3-4,6,9-10,13-14,16-19H2,1-2H3. The lowest BCUT2D eigenvalue weighted by atomic mass is 9.73. The third kappa shape index (κ3) is 6.90. The Labute approximate surface area is 196 Å². The van der Waals surface area contributed by atoms with Crippen LogP contribution in [0.4, 0.5) is 0 Å². The number of amides is 1. The van der Waals surface area contributed by atoms with Gasteiger partial charge >= 0.3 is 11.9 Å². The number of esters is 2. The lowest BCUT2D eigenvalue weighted by molar-refractivity contribution is -0.147. The molecular formula is C26H35NO6. The Balaban J connectivity index is 1.80. The van der Waals surface area contributed by atoms with E-state index in [2.05, 4.69) is 0 Å². The topological polar surface area (TPSA) is 82.1 Å². The summed E-state index contributed by atoms with van der Waals surface area (Å²) in [5.74, 6) is -2.16. The Bertz CT molecular complexity index is 824. The summed E-state index contributed by atoms with van der Waals surface area (Å²) in [6.45, 7) is 4.95. The summed E-state index contributed by atoms with van der Waals surface area (Å²) in [6, 6.07) is 9.64. The summed E-state index contributed by atoms with van der Waals surface area (Å²) in [5.41, 5.74) is 0.789. The number of carbonyl (C=O) groups is 3. The summed E-state index contributed by atoms with van der Waals surface area (Å²) in [4.78, 5) is 39.6. The number of ether oxygens (including phenoxy) is 3. The fourth-order valence-electron chi connectivity index (χ4n) is 4.78. The van der Waals surface area contributed by atoms with Gasteiger partial charge in [-0.3, -0.25) is 4.79 Å². The van der Waals surface area contributed by atoms with Gasteiger partial charge < -0.3 is 19.1 Å². The van der Waals surface area contributed by atoms with Crippen LogP contribution in [0.15, 0.2) is 42.0 Å². The van der Waals surface area contributed by atoms with Gasteiger partial charge in [-0.15, -0.1) is 0 Å². The Kier molecular flexibility index (Phi) is 9.06. The second-order valence-electron chi connectivity index (χ2n) is 8.90. The first-order chi connectivity index (χ1) is 16.0. The van der Waals surface area contributed by atoms with Crippen molar-refractivity contribution < 1.29 is 28.6 Å². The van der Waals surface area contributed by atoms with Gasteiger partial charge in [-0.1, -0.05) is 49.6 Å². The number of rotatable bonds is 9. The van der Waals surface area contributed by atoms with Crippen LogP contribution in [-0.2, 0) is 35.1 Å². The first kappa shape index (κ1) is 25.0. The summed E-state index contributed by atoms with van der Waals surface area (Å²) >= 11 is 0. The van der Waals surface area contributed by atoms with E-state index in [1.807, 2.05) is 30.3 Å². The minimum absolute atomic E-state index is 0.0715. The summed E-state index contributed by atoms with van der Waals surface area (Å²) in [6.07, 6.45) is 7.99. The quantitative estimate of drug-likeness (QED) is 0.243. The molecule has 1 heterocycles. The maximum Gasteiger partial charge on any atom is 0.345 e. The van der Waals surface area contributed by atoms with Crippen LogP contribution in [0.2, 0.25) is 0 Å². The monoisotopic (exact) mass is 457 g/mol. The second-order valence-corrected chi connectivity index (χ2v) is 8.90. The van der Waals surface area contributed by atoms with Gasteiger partial charge in [0.2, 0.25) is 5.91 Å². The first-order valence-electron chi connectivity index (χ1n) is 12.0. The average molecular weight is 458 g/mol. The van der Waals surface area contributed by atoms with Gasteiger partial charge in [0.25, 0.3) is 0 Å². The molecule has 2 fully saturated rings. The van der Waals surface area contributed by atoms with Crippen molar-refractivity contribution >= 4 is 17.8 Å². The summed E-state index contributed by atoms with van der Waals surface area (Å²) < 4.78 is 16.1. The summed E-state index contributed by atoms with van der Waals surface area (Å²) in [5, 5.41) is 0. The molecule has 7 heteroatoms. The Hall–Kier alpha value is -2.67. The maximum atomic E-state index is 13.3. The van der Waals surface area contributed by atoms with Crippen molar-refractivity contribution in [2.45, 2.75) is 65.0 Å². The van der Waals surface area contributed by atoms with Crippen molar-refractivity contribution in [2.75, 3.05) is 26.4 Å². The second kappa shape index (κ2) is 12.0. The minimum Gasteiger partial charge on any atom is -0.462 e. The van der Waals surface area contributed by atoms with E-state index in [1.54, 1.807) is 18.7 Å². The zero-order valence-electron chi connectivity index (χ0n) is 19.7. The third-order valence-corrected chi connectivity index (χ3v) is 6.41. The molecular weight excluding hydrogens is 422 g/mol. The molecule has 0 aromatic heterocycles. The molecule has 1 saturated carbocycles. The lowest BCUT2D eigenvalue weighted by Gasteiger charge is -2.32. The van der Waals surface area contributed by atoms with Gasteiger partial charge in [-0.05, 0) is 44.1 Å². The number of hydrogen-bond donors (Lipinski definition) is 0. The number of benzene rings is 1. The summed E-state index contributed by atoms with van der Waals surface area (Å²) in [7, 11) is 0. The highest BCUT2D eigenvalue weighted by molar-refractivity contribution is 6.17. The molecule has 180 valence electrons. The van der Waals surface area contributed by atoms with E-state index in [9.17, 15) is 14.4 Å². The molecule has 1 amide bonds. The molecule has 1 aromatic carbocycles. The van der Waals surface area contributed by atoms with E-state index in [-0.39, 0.29) is 24.7 Å². The molecule has 1 aliphatic heterocycles. The van der Waals surface area contributed by atoms with E-state index in [1.165, 1.54) is 32.1 Å². The van der Waals surface area contributed by atoms with Crippen LogP contribution < -0.4 is 0 Å². The van der Waals surface area contributed by atoms with Gasteiger partial charge in [0.15, 0.2) is 0 Å². The molecule has 1 aliphatic carbocycles. The van der Waals surface area contributed by atoms with Crippen LogP contribution in [0.25, 0.3) is 0 Å². The van der Waals surface area contributed by atoms with Crippen LogP contribution in [0, 0.1) is 5.41 Å². The third-order valence-electron chi connectivity index (χ3n) is 6.41. The predicted octanol–water partition coefficient (Wildman–Crippen LogP) is 3.81. The minimum atomic E-state index is -0.859. The van der Waals surface area contributed by atoms with E-state index in [0.717, 1.165) is 24.7 Å². The maximum absolute atomic E-state index is 13.3. The van der Waals surface area contributed by atoms with Crippen molar-refractivity contribution in [1.82, 2.24) is 4.90 Å². The zero-order chi connectivity index (χ0) is 23.7. The van der Waals surface area contributed by atoms with Gasteiger partial charge in [0.1, 0.15) is 5.57 Å². The average Bonchev–Trinajstić information content (AvgIpc) is 3.19. The number of carbonyl (C=O) groups excluding carboxylic acids is 3. The smallest absolute Gasteiger partial charge is 0.345 e. The molecule has 0 bridgehead atoms. The van der Waals surface area contributed by atoms with Crippen LogP contribution >= 0.6 is 0 Å². The predicted molar refractivity (Wildman–Crippen MR) is 123 cm³/mol. The van der Waals surface area contributed by atoms with Gasteiger partial charge in [-0.2, -0.15) is 0 Å². The van der Waals surface area contributed by atoms with Crippen molar-refractivity contribution in [3.05, 3.63) is 47.5 Å². The van der Waals surface area contributed by atoms with E-state index in [0.29, 0.717) is 13.1 Å². The van der Waals surface area contributed by atoms with Gasteiger partial charge in [-0.25, -0.2) is 9.59 Å². The van der Waals surface area contributed by atoms with Crippen LogP contribution in [0.1, 0.15) is 57.9 Å². The van der Waals surface area contributed by atoms with E-state index >= 15 is 0 Å². The Morgan fingerprint density at radius 3 is 2.27 bits per heavy atom. The zero-order valence-corrected chi connectivity index (χ0v) is 19.7. The van der Waals surface area contributed by atoms with E-state index in [4.69, 9.17) is 14.2 Å².